The zero-order valence-electron chi connectivity index (χ0n) is 11.9. The fraction of sp³-hybridized carbons (Fsp3) is 0.733. The van der Waals surface area contributed by atoms with E-state index in [4.69, 9.17) is 4.52 Å². The standard InChI is InChI=1S/C15H22N2O2/c1-9-12(8-17-19-9)14(18)16-7-10-4-5-11-6-13(10)15(11,2)3/h8,10-11,13H,4-7H2,1-3H3,(H,16,18)/t10?,11-,13-/m0/s1. The van der Waals surface area contributed by atoms with Crippen LogP contribution >= 0.6 is 0 Å². The van der Waals surface area contributed by atoms with Crippen LogP contribution in [0.2, 0.25) is 0 Å². The fourth-order valence-electron chi connectivity index (χ4n) is 4.04. The van der Waals surface area contributed by atoms with Crippen molar-refractivity contribution in [3.63, 3.8) is 0 Å². The Morgan fingerprint density at radius 3 is 2.89 bits per heavy atom. The largest absolute Gasteiger partial charge is 0.361 e. The number of hydrogen-bond donors (Lipinski definition) is 1. The zero-order chi connectivity index (χ0) is 13.6. The molecular weight excluding hydrogens is 240 g/mol. The number of aryl methyl sites for hydroxylation is 1. The molecule has 1 aromatic heterocycles. The van der Waals surface area contributed by atoms with Gasteiger partial charge in [0.1, 0.15) is 11.3 Å². The lowest BCUT2D eigenvalue weighted by Gasteiger charge is -2.60. The summed E-state index contributed by atoms with van der Waals surface area (Å²) >= 11 is 0. The third-order valence-corrected chi connectivity index (χ3v) is 5.52. The highest BCUT2D eigenvalue weighted by atomic mass is 16.5. The average molecular weight is 262 g/mol. The lowest BCUT2D eigenvalue weighted by Crippen LogP contribution is -2.54. The number of amides is 1. The Kier molecular flexibility index (Phi) is 2.91. The molecule has 1 heterocycles. The zero-order valence-corrected chi connectivity index (χ0v) is 11.9. The molecule has 4 rings (SSSR count). The van der Waals surface area contributed by atoms with Gasteiger partial charge in [-0.25, -0.2) is 0 Å². The summed E-state index contributed by atoms with van der Waals surface area (Å²) < 4.78 is 4.93. The van der Waals surface area contributed by atoms with Gasteiger partial charge >= 0.3 is 0 Å². The number of fused-ring (bicyclic) bond motifs is 2. The summed E-state index contributed by atoms with van der Waals surface area (Å²) in [6, 6.07) is 0. The van der Waals surface area contributed by atoms with Crippen LogP contribution in [-0.2, 0) is 0 Å². The molecule has 0 aliphatic heterocycles. The Labute approximate surface area is 113 Å². The van der Waals surface area contributed by atoms with Crippen LogP contribution < -0.4 is 5.32 Å². The molecule has 3 aliphatic rings. The molecule has 2 bridgehead atoms. The quantitative estimate of drug-likeness (QED) is 0.911. The van der Waals surface area contributed by atoms with Gasteiger partial charge in [0.25, 0.3) is 5.91 Å². The smallest absolute Gasteiger partial charge is 0.256 e. The van der Waals surface area contributed by atoms with Crippen LogP contribution in [0.3, 0.4) is 0 Å². The van der Waals surface area contributed by atoms with Crippen LogP contribution in [0.15, 0.2) is 10.7 Å². The Bertz CT molecular complexity index is 490. The Hall–Kier alpha value is -1.32. The number of nitrogens with zero attached hydrogens (tertiary/aromatic N) is 1. The summed E-state index contributed by atoms with van der Waals surface area (Å²) in [5, 5.41) is 6.70. The maximum atomic E-state index is 12.0. The Morgan fingerprint density at radius 1 is 1.53 bits per heavy atom. The lowest BCUT2D eigenvalue weighted by molar-refractivity contribution is -0.103. The van der Waals surface area contributed by atoms with Crippen molar-refractivity contribution in [3.05, 3.63) is 17.5 Å². The monoisotopic (exact) mass is 262 g/mol. The number of nitrogens with one attached hydrogen (secondary N) is 1. The Balaban J connectivity index is 1.58. The van der Waals surface area contributed by atoms with Crippen molar-refractivity contribution in [2.75, 3.05) is 6.54 Å². The van der Waals surface area contributed by atoms with Gasteiger partial charge in [-0.05, 0) is 49.4 Å². The van der Waals surface area contributed by atoms with Crippen LogP contribution in [0.1, 0.15) is 49.2 Å². The van der Waals surface area contributed by atoms with E-state index in [2.05, 4.69) is 24.3 Å². The molecule has 1 unspecified atom stereocenters. The van der Waals surface area contributed by atoms with Crippen LogP contribution in [-0.4, -0.2) is 17.6 Å². The molecule has 1 aromatic rings. The van der Waals surface area contributed by atoms with E-state index in [-0.39, 0.29) is 5.91 Å². The minimum absolute atomic E-state index is 0.0574. The number of carbonyl (C=O) groups excluding carboxylic acids is 1. The van der Waals surface area contributed by atoms with Gasteiger partial charge in [-0.2, -0.15) is 0 Å². The first-order chi connectivity index (χ1) is 9.00. The highest BCUT2D eigenvalue weighted by Gasteiger charge is 2.53. The Morgan fingerprint density at radius 2 is 2.32 bits per heavy atom. The normalized spacial score (nSPS) is 31.6. The van der Waals surface area contributed by atoms with Gasteiger partial charge in [0.15, 0.2) is 0 Å². The maximum Gasteiger partial charge on any atom is 0.256 e. The van der Waals surface area contributed by atoms with Gasteiger partial charge in [0.05, 0.1) is 6.20 Å². The van der Waals surface area contributed by atoms with E-state index in [0.717, 1.165) is 18.4 Å². The second-order valence-corrected chi connectivity index (χ2v) is 6.70. The summed E-state index contributed by atoms with van der Waals surface area (Å²) in [4.78, 5) is 12.0. The average Bonchev–Trinajstić information content (AvgIpc) is 2.82. The van der Waals surface area contributed by atoms with E-state index >= 15 is 0 Å². The topological polar surface area (TPSA) is 55.1 Å². The maximum absolute atomic E-state index is 12.0. The molecule has 3 aliphatic carbocycles. The molecule has 4 nitrogen and oxygen atoms in total. The first-order valence-corrected chi connectivity index (χ1v) is 7.19. The summed E-state index contributed by atoms with van der Waals surface area (Å²) in [7, 11) is 0. The molecule has 0 radical (unpaired) electrons. The first-order valence-electron chi connectivity index (χ1n) is 7.19. The summed E-state index contributed by atoms with van der Waals surface area (Å²) in [5.41, 5.74) is 1.03. The molecule has 0 saturated heterocycles. The van der Waals surface area contributed by atoms with Crippen molar-refractivity contribution >= 4 is 5.91 Å². The van der Waals surface area contributed by atoms with Crippen LogP contribution in [0, 0.1) is 30.1 Å². The van der Waals surface area contributed by atoms with E-state index in [0.29, 0.717) is 22.7 Å². The minimum Gasteiger partial charge on any atom is -0.361 e. The van der Waals surface area contributed by atoms with Gasteiger partial charge in [-0.1, -0.05) is 19.0 Å². The van der Waals surface area contributed by atoms with Gasteiger partial charge in [-0.3, -0.25) is 4.79 Å². The SMILES string of the molecule is Cc1oncc1C(=O)NCC1CC[C@H]2C[C@@H]1C2(C)C. The van der Waals surface area contributed by atoms with Crippen molar-refractivity contribution in [2.45, 2.75) is 40.0 Å². The minimum atomic E-state index is -0.0574. The molecule has 19 heavy (non-hydrogen) atoms. The second kappa shape index (κ2) is 4.36. The molecule has 104 valence electrons. The van der Waals surface area contributed by atoms with Crippen molar-refractivity contribution in [3.8, 4) is 0 Å². The number of aromatic nitrogens is 1. The van der Waals surface area contributed by atoms with Gasteiger partial charge < -0.3 is 9.84 Å². The van der Waals surface area contributed by atoms with Crippen LogP contribution in [0.25, 0.3) is 0 Å². The highest BCUT2D eigenvalue weighted by Crippen LogP contribution is 2.61. The summed E-state index contributed by atoms with van der Waals surface area (Å²) in [6.07, 6.45) is 5.41. The van der Waals surface area contributed by atoms with E-state index < -0.39 is 0 Å². The van der Waals surface area contributed by atoms with Gasteiger partial charge in [0, 0.05) is 6.54 Å². The third-order valence-electron chi connectivity index (χ3n) is 5.52. The van der Waals surface area contributed by atoms with Crippen LogP contribution in [0.4, 0.5) is 0 Å². The highest BCUT2D eigenvalue weighted by molar-refractivity contribution is 5.94. The van der Waals surface area contributed by atoms with Crippen molar-refractivity contribution in [1.82, 2.24) is 10.5 Å². The van der Waals surface area contributed by atoms with Crippen LogP contribution in [0.5, 0.6) is 0 Å². The van der Waals surface area contributed by atoms with Gasteiger partial charge in [0.2, 0.25) is 0 Å². The molecule has 1 amide bonds. The summed E-state index contributed by atoms with van der Waals surface area (Å²) in [5.74, 6) is 2.84. The molecule has 3 saturated carbocycles. The van der Waals surface area contributed by atoms with Crippen molar-refractivity contribution in [1.29, 1.82) is 0 Å². The molecule has 1 N–H and O–H groups in total. The van der Waals surface area contributed by atoms with Crippen molar-refractivity contribution < 1.29 is 9.32 Å². The second-order valence-electron chi connectivity index (χ2n) is 6.70. The van der Waals surface area contributed by atoms with E-state index in [1.54, 1.807) is 6.92 Å². The van der Waals surface area contributed by atoms with E-state index in [1.807, 2.05) is 0 Å². The van der Waals surface area contributed by atoms with Gasteiger partial charge in [-0.15, -0.1) is 0 Å². The predicted octanol–water partition coefficient (Wildman–Crippen LogP) is 2.79. The lowest BCUT2D eigenvalue weighted by atomic mass is 9.45. The van der Waals surface area contributed by atoms with Crippen molar-refractivity contribution in [2.24, 2.45) is 23.2 Å². The molecule has 0 aromatic carbocycles. The molecule has 0 spiro atoms. The number of rotatable bonds is 3. The van der Waals surface area contributed by atoms with E-state index in [1.165, 1.54) is 25.5 Å². The fourth-order valence-corrected chi connectivity index (χ4v) is 4.04. The number of carbonyl (C=O) groups is 1. The van der Waals surface area contributed by atoms with E-state index in [9.17, 15) is 4.79 Å². The molecular formula is C15H22N2O2. The molecule has 3 atom stereocenters. The molecule has 3 fully saturated rings. The first kappa shape index (κ1) is 12.7. The summed E-state index contributed by atoms with van der Waals surface area (Å²) in [6.45, 7) is 7.31. The predicted molar refractivity (Wildman–Crippen MR) is 71.7 cm³/mol. The number of hydrogen-bond acceptors (Lipinski definition) is 3. The third kappa shape index (κ3) is 1.97. The molecule has 4 heteroatoms.